The van der Waals surface area contributed by atoms with E-state index in [1.54, 1.807) is 0 Å². The van der Waals surface area contributed by atoms with Gasteiger partial charge in [0.25, 0.3) is 0 Å². The van der Waals surface area contributed by atoms with E-state index in [0.717, 1.165) is 19.6 Å². The van der Waals surface area contributed by atoms with Gasteiger partial charge in [0.1, 0.15) is 0 Å². The number of nitrogens with one attached hydrogen (secondary N) is 1. The largest absolute Gasteiger partial charge is 0.317 e. The van der Waals surface area contributed by atoms with Gasteiger partial charge in [0.15, 0.2) is 0 Å². The topological polar surface area (TPSA) is 36.8 Å². The van der Waals surface area contributed by atoms with Crippen molar-refractivity contribution >= 4 is 12.4 Å². The molecule has 3 aliphatic rings. The Morgan fingerprint density at radius 1 is 1.23 bits per heavy atom. The van der Waals surface area contributed by atoms with Crippen LogP contribution in [0.4, 0.5) is 0 Å². The van der Waals surface area contributed by atoms with Crippen LogP contribution in [0.3, 0.4) is 0 Å². The molecule has 1 N–H and O–H groups in total. The predicted octanol–water partition coefficient (Wildman–Crippen LogP) is 0.510. The Bertz CT molecular complexity index is 263. The molecule has 0 saturated carbocycles. The van der Waals surface area contributed by atoms with Gasteiger partial charge in [-0.3, -0.25) is 9.98 Å². The molecule has 70 valence electrons. The van der Waals surface area contributed by atoms with Gasteiger partial charge in [-0.1, -0.05) is 0 Å². The van der Waals surface area contributed by atoms with E-state index in [0.29, 0.717) is 11.8 Å². The Hall–Kier alpha value is -0.700. The zero-order valence-electron chi connectivity index (χ0n) is 7.74. The molecule has 0 amide bonds. The molecular formula is C10H15N3. The van der Waals surface area contributed by atoms with Crippen molar-refractivity contribution < 1.29 is 0 Å². The number of fused-ring (bicyclic) bond motifs is 2. The summed E-state index contributed by atoms with van der Waals surface area (Å²) in [4.78, 5) is 9.14. The molecule has 0 radical (unpaired) electrons. The Morgan fingerprint density at radius 3 is 2.92 bits per heavy atom. The van der Waals surface area contributed by atoms with Crippen molar-refractivity contribution in [1.29, 1.82) is 0 Å². The molecule has 1 saturated heterocycles. The molecule has 3 aliphatic heterocycles. The zero-order chi connectivity index (χ0) is 8.73. The summed E-state index contributed by atoms with van der Waals surface area (Å²) in [7, 11) is 0. The van der Waals surface area contributed by atoms with E-state index in [4.69, 9.17) is 4.99 Å². The Balaban J connectivity index is 1.89. The van der Waals surface area contributed by atoms with E-state index in [-0.39, 0.29) is 5.54 Å². The lowest BCUT2D eigenvalue weighted by Crippen LogP contribution is -2.45. The van der Waals surface area contributed by atoms with Gasteiger partial charge in [-0.15, -0.1) is 0 Å². The van der Waals surface area contributed by atoms with Crippen LogP contribution < -0.4 is 5.32 Å². The van der Waals surface area contributed by atoms with E-state index in [2.05, 4.69) is 22.7 Å². The van der Waals surface area contributed by atoms with Crippen LogP contribution in [0.25, 0.3) is 0 Å². The molecule has 0 aromatic rings. The van der Waals surface area contributed by atoms with Gasteiger partial charge in [0, 0.05) is 30.8 Å². The maximum atomic E-state index is 4.75. The van der Waals surface area contributed by atoms with Crippen molar-refractivity contribution in [2.24, 2.45) is 21.8 Å². The standard InChI is InChI=1S/C10H15N3/c1-3-11-4-2-10(1)9-7-12-5-8(9)6-13-10/h6-9,11H,1-5H2. The Kier molecular flexibility index (Phi) is 1.56. The lowest BCUT2D eigenvalue weighted by Gasteiger charge is -2.35. The summed E-state index contributed by atoms with van der Waals surface area (Å²) >= 11 is 0. The van der Waals surface area contributed by atoms with Gasteiger partial charge >= 0.3 is 0 Å². The van der Waals surface area contributed by atoms with Crippen molar-refractivity contribution in [3.63, 3.8) is 0 Å². The van der Waals surface area contributed by atoms with Crippen LogP contribution in [-0.2, 0) is 0 Å². The second kappa shape index (κ2) is 2.64. The molecule has 3 rings (SSSR count). The molecule has 2 unspecified atom stereocenters. The highest BCUT2D eigenvalue weighted by atomic mass is 15.0. The molecule has 0 aromatic heterocycles. The van der Waals surface area contributed by atoms with Crippen molar-refractivity contribution in [3.8, 4) is 0 Å². The first-order valence-corrected chi connectivity index (χ1v) is 5.17. The van der Waals surface area contributed by atoms with Crippen LogP contribution in [0, 0.1) is 11.8 Å². The monoisotopic (exact) mass is 177 g/mol. The van der Waals surface area contributed by atoms with Gasteiger partial charge in [-0.05, 0) is 25.9 Å². The summed E-state index contributed by atoms with van der Waals surface area (Å²) in [5.74, 6) is 1.24. The second-order valence-electron chi connectivity index (χ2n) is 4.34. The highest BCUT2D eigenvalue weighted by Crippen LogP contribution is 2.41. The van der Waals surface area contributed by atoms with Gasteiger partial charge in [0.05, 0.1) is 5.54 Å². The van der Waals surface area contributed by atoms with Crippen LogP contribution in [0.5, 0.6) is 0 Å². The molecule has 0 bridgehead atoms. The molecule has 2 atom stereocenters. The maximum Gasteiger partial charge on any atom is 0.0712 e. The van der Waals surface area contributed by atoms with Crippen molar-refractivity contribution in [1.82, 2.24) is 5.32 Å². The minimum absolute atomic E-state index is 0.232. The average molecular weight is 177 g/mol. The van der Waals surface area contributed by atoms with E-state index in [1.165, 1.54) is 12.8 Å². The quantitative estimate of drug-likeness (QED) is 0.575. The Labute approximate surface area is 78.3 Å². The third-order valence-corrected chi connectivity index (χ3v) is 3.66. The number of hydrogen-bond donors (Lipinski definition) is 1. The van der Waals surface area contributed by atoms with Crippen molar-refractivity contribution in [2.45, 2.75) is 18.4 Å². The first kappa shape index (κ1) is 7.68. The maximum absolute atomic E-state index is 4.75. The van der Waals surface area contributed by atoms with Crippen LogP contribution in [0.15, 0.2) is 9.98 Å². The molecular weight excluding hydrogens is 162 g/mol. The predicted molar refractivity (Wildman–Crippen MR) is 53.7 cm³/mol. The smallest absolute Gasteiger partial charge is 0.0712 e. The van der Waals surface area contributed by atoms with E-state index >= 15 is 0 Å². The summed E-state index contributed by atoms with van der Waals surface area (Å²) in [6.45, 7) is 3.21. The summed E-state index contributed by atoms with van der Waals surface area (Å²) < 4.78 is 0. The molecule has 3 nitrogen and oxygen atoms in total. The van der Waals surface area contributed by atoms with Gasteiger partial charge < -0.3 is 5.32 Å². The van der Waals surface area contributed by atoms with E-state index < -0.39 is 0 Å². The third kappa shape index (κ3) is 0.998. The summed E-state index contributed by atoms with van der Waals surface area (Å²) in [6.07, 6.45) is 6.69. The fourth-order valence-electron chi connectivity index (χ4n) is 2.85. The third-order valence-electron chi connectivity index (χ3n) is 3.66. The first-order valence-electron chi connectivity index (χ1n) is 5.17. The van der Waals surface area contributed by atoms with Crippen LogP contribution in [0.1, 0.15) is 12.8 Å². The molecule has 13 heavy (non-hydrogen) atoms. The summed E-state index contributed by atoms with van der Waals surface area (Å²) in [6, 6.07) is 0. The van der Waals surface area contributed by atoms with Crippen molar-refractivity contribution in [3.05, 3.63) is 0 Å². The lowest BCUT2D eigenvalue weighted by molar-refractivity contribution is 0.262. The minimum atomic E-state index is 0.232. The molecule has 0 aromatic carbocycles. The lowest BCUT2D eigenvalue weighted by atomic mass is 9.75. The highest BCUT2D eigenvalue weighted by Gasteiger charge is 2.47. The van der Waals surface area contributed by atoms with Crippen LogP contribution in [0.2, 0.25) is 0 Å². The van der Waals surface area contributed by atoms with Crippen LogP contribution in [-0.4, -0.2) is 37.6 Å². The molecule has 3 heterocycles. The highest BCUT2D eigenvalue weighted by molar-refractivity contribution is 5.79. The average Bonchev–Trinajstić information content (AvgIpc) is 2.73. The summed E-state index contributed by atoms with van der Waals surface area (Å²) in [5.41, 5.74) is 0.232. The van der Waals surface area contributed by atoms with Gasteiger partial charge in [0.2, 0.25) is 0 Å². The SMILES string of the molecule is C1=NCC2C=NC3(CCNCC3)C12. The number of aliphatic imine (C=N–C) groups is 2. The van der Waals surface area contributed by atoms with E-state index in [1.807, 2.05) is 0 Å². The molecule has 1 fully saturated rings. The van der Waals surface area contributed by atoms with Gasteiger partial charge in [-0.25, -0.2) is 0 Å². The fourth-order valence-corrected chi connectivity index (χ4v) is 2.85. The molecule has 1 spiro atoms. The number of piperidine rings is 1. The fraction of sp³-hybridized carbons (Fsp3) is 0.800. The first-order chi connectivity index (χ1) is 6.41. The normalized spacial score (nSPS) is 40.0. The number of hydrogen-bond acceptors (Lipinski definition) is 3. The zero-order valence-corrected chi connectivity index (χ0v) is 7.74. The molecule has 3 heteroatoms. The van der Waals surface area contributed by atoms with E-state index in [9.17, 15) is 0 Å². The summed E-state index contributed by atoms with van der Waals surface area (Å²) in [5, 5.41) is 3.40. The number of nitrogens with zero attached hydrogens (tertiary/aromatic N) is 2. The van der Waals surface area contributed by atoms with Gasteiger partial charge in [-0.2, -0.15) is 0 Å². The molecule has 0 aliphatic carbocycles. The second-order valence-corrected chi connectivity index (χ2v) is 4.34. The minimum Gasteiger partial charge on any atom is -0.317 e. The number of rotatable bonds is 0. The Morgan fingerprint density at radius 2 is 2.08 bits per heavy atom. The van der Waals surface area contributed by atoms with Crippen molar-refractivity contribution in [2.75, 3.05) is 19.6 Å². The van der Waals surface area contributed by atoms with Crippen LogP contribution >= 0.6 is 0 Å².